The van der Waals surface area contributed by atoms with Crippen LogP contribution in [0.1, 0.15) is 12.8 Å². The summed E-state index contributed by atoms with van der Waals surface area (Å²) in [4.78, 5) is 12.3. The summed E-state index contributed by atoms with van der Waals surface area (Å²) in [6.07, 6.45) is 2.37. The van der Waals surface area contributed by atoms with E-state index in [9.17, 15) is 4.79 Å². The topological polar surface area (TPSA) is 17.1 Å². The van der Waals surface area contributed by atoms with E-state index < -0.39 is 15.5 Å². The maximum absolute atomic E-state index is 12.3. The molecule has 0 atom stereocenters. The minimum absolute atomic E-state index is 0.242. The van der Waals surface area contributed by atoms with E-state index in [4.69, 9.17) is 0 Å². The highest BCUT2D eigenvalue weighted by Gasteiger charge is 2.46. The lowest BCUT2D eigenvalue weighted by molar-refractivity contribution is -0.112. The van der Waals surface area contributed by atoms with Gasteiger partial charge in [-0.1, -0.05) is 46.3 Å². The molecule has 0 aromatic carbocycles. The van der Waals surface area contributed by atoms with Crippen molar-refractivity contribution in [1.29, 1.82) is 0 Å². The highest BCUT2D eigenvalue weighted by Crippen LogP contribution is 2.59. The van der Waals surface area contributed by atoms with Gasteiger partial charge >= 0.3 is 0 Å². The second kappa shape index (κ2) is 3.84. The first-order valence-electron chi connectivity index (χ1n) is 5.48. The highest BCUT2D eigenvalue weighted by molar-refractivity contribution is 8.27. The van der Waals surface area contributed by atoms with Gasteiger partial charge in [-0.05, 0) is 12.8 Å². The summed E-state index contributed by atoms with van der Waals surface area (Å²) in [6.45, 7) is 14.3. The predicted octanol–water partition coefficient (Wildman–Crippen LogP) is 4.07. The van der Waals surface area contributed by atoms with Crippen LogP contribution in [0.3, 0.4) is 0 Å². The standard InChI is InChI=1S/C10H23OPSi2/c1-13(2,3)12(14(4,5)6)10(11)9-7-8-9/h9H,7-8H2,1-6H3. The van der Waals surface area contributed by atoms with E-state index in [1.54, 1.807) is 0 Å². The Bertz CT molecular complexity index is 221. The molecule has 14 heavy (non-hydrogen) atoms. The van der Waals surface area contributed by atoms with E-state index in [1.165, 1.54) is 12.8 Å². The smallest absolute Gasteiger partial charge is 0.149 e. The first-order valence-corrected chi connectivity index (χ1v) is 15.5. The Balaban J connectivity index is 2.87. The van der Waals surface area contributed by atoms with E-state index in [0.717, 1.165) is 0 Å². The maximum Gasteiger partial charge on any atom is 0.149 e. The van der Waals surface area contributed by atoms with E-state index in [1.807, 2.05) is 0 Å². The minimum Gasteiger partial charge on any atom is -0.295 e. The molecule has 0 bridgehead atoms. The summed E-state index contributed by atoms with van der Waals surface area (Å²) in [5.41, 5.74) is 0.693. The molecule has 0 aliphatic heterocycles. The molecule has 0 aromatic rings. The SMILES string of the molecule is C[Si](C)(C)P(C(=O)C1CC1)[Si](C)(C)C. The molecule has 4 heteroatoms. The third kappa shape index (κ3) is 3.01. The van der Waals surface area contributed by atoms with Crippen molar-refractivity contribution in [2.24, 2.45) is 5.92 Å². The molecule has 0 spiro atoms. The largest absolute Gasteiger partial charge is 0.295 e. The summed E-state index contributed by atoms with van der Waals surface area (Å²) >= 11 is 0. The molecule has 0 aromatic heterocycles. The zero-order valence-electron chi connectivity index (χ0n) is 10.3. The lowest BCUT2D eigenvalue weighted by Crippen LogP contribution is -2.36. The summed E-state index contributed by atoms with van der Waals surface area (Å²) in [5, 5.41) is 0. The van der Waals surface area contributed by atoms with Crippen LogP contribution in [0.15, 0.2) is 0 Å². The summed E-state index contributed by atoms with van der Waals surface area (Å²) in [6, 6.07) is 0. The summed E-state index contributed by atoms with van der Waals surface area (Å²) in [7, 11) is -2.70. The summed E-state index contributed by atoms with van der Waals surface area (Å²) in [5.74, 6) is 0.486. The van der Waals surface area contributed by atoms with Crippen LogP contribution < -0.4 is 0 Å². The van der Waals surface area contributed by atoms with Crippen molar-refractivity contribution < 1.29 is 4.79 Å². The molecule has 1 aliphatic rings. The van der Waals surface area contributed by atoms with Gasteiger partial charge in [-0.3, -0.25) is 4.79 Å². The van der Waals surface area contributed by atoms with Crippen LogP contribution in [-0.4, -0.2) is 21.0 Å². The monoisotopic (exact) mass is 246 g/mol. The first-order chi connectivity index (χ1) is 6.14. The van der Waals surface area contributed by atoms with Gasteiger partial charge in [0.05, 0.1) is 15.5 Å². The maximum atomic E-state index is 12.3. The molecule has 1 fully saturated rings. The Labute approximate surface area is 91.1 Å². The Morgan fingerprint density at radius 2 is 1.36 bits per heavy atom. The van der Waals surface area contributed by atoms with Crippen LogP contribution in [0.5, 0.6) is 0 Å². The van der Waals surface area contributed by atoms with Crippen LogP contribution in [0.4, 0.5) is 0 Å². The van der Waals surface area contributed by atoms with Gasteiger partial charge in [0, 0.05) is 5.92 Å². The lowest BCUT2D eigenvalue weighted by atomic mass is 10.5. The molecule has 0 saturated heterocycles. The van der Waals surface area contributed by atoms with Crippen LogP contribution in [-0.2, 0) is 4.79 Å². The van der Waals surface area contributed by atoms with Crippen LogP contribution in [0.25, 0.3) is 0 Å². The lowest BCUT2D eigenvalue weighted by Gasteiger charge is -2.37. The molecule has 1 aliphatic carbocycles. The van der Waals surface area contributed by atoms with Crippen LogP contribution >= 0.6 is 7.02 Å². The molecule has 1 rings (SSSR count). The van der Waals surface area contributed by atoms with Gasteiger partial charge in [-0.15, -0.1) is 0 Å². The fourth-order valence-corrected chi connectivity index (χ4v) is 35.4. The van der Waals surface area contributed by atoms with Crippen LogP contribution in [0.2, 0.25) is 39.3 Å². The molecular formula is C10H23OPSi2. The minimum atomic E-state index is -1.23. The van der Waals surface area contributed by atoms with Gasteiger partial charge in [0.15, 0.2) is 0 Å². The second-order valence-electron chi connectivity index (χ2n) is 6.29. The average molecular weight is 246 g/mol. The van der Waals surface area contributed by atoms with Crippen molar-refractivity contribution in [3.63, 3.8) is 0 Å². The molecule has 0 unspecified atom stereocenters. The third-order valence-corrected chi connectivity index (χ3v) is 27.4. The van der Waals surface area contributed by atoms with Crippen molar-refractivity contribution in [3.05, 3.63) is 0 Å². The van der Waals surface area contributed by atoms with Gasteiger partial charge in [-0.2, -0.15) is 0 Å². The van der Waals surface area contributed by atoms with Crippen LogP contribution in [0, 0.1) is 5.92 Å². The fourth-order valence-electron chi connectivity index (χ4n) is 2.18. The predicted molar refractivity (Wildman–Crippen MR) is 71.3 cm³/mol. The molecule has 0 amide bonds. The Kier molecular flexibility index (Phi) is 3.46. The van der Waals surface area contributed by atoms with E-state index in [0.29, 0.717) is 11.4 Å². The molecular weight excluding hydrogens is 223 g/mol. The van der Waals surface area contributed by atoms with Gasteiger partial charge in [0.2, 0.25) is 0 Å². The molecule has 0 N–H and O–H groups in total. The normalized spacial score (nSPS) is 18.8. The zero-order chi connectivity index (χ0) is 11.1. The van der Waals surface area contributed by atoms with Gasteiger partial charge in [0.1, 0.15) is 5.52 Å². The first kappa shape index (κ1) is 12.6. The number of carbonyl (C=O) groups is 1. The number of carbonyl (C=O) groups excluding carboxylic acids is 1. The molecule has 0 heterocycles. The second-order valence-corrected chi connectivity index (χ2v) is 28.2. The molecule has 82 valence electrons. The van der Waals surface area contributed by atoms with E-state index in [-0.39, 0.29) is 7.02 Å². The van der Waals surface area contributed by atoms with Crippen molar-refractivity contribution in [3.8, 4) is 0 Å². The Morgan fingerprint density at radius 3 is 1.57 bits per heavy atom. The van der Waals surface area contributed by atoms with Gasteiger partial charge in [0.25, 0.3) is 0 Å². The number of rotatable bonds is 4. The highest BCUT2D eigenvalue weighted by atomic mass is 31.6. The third-order valence-electron chi connectivity index (χ3n) is 2.49. The molecule has 0 radical (unpaired) electrons. The van der Waals surface area contributed by atoms with Crippen molar-refractivity contribution in [1.82, 2.24) is 0 Å². The van der Waals surface area contributed by atoms with E-state index in [2.05, 4.69) is 39.3 Å². The Hall–Kier alpha value is 0.534. The number of hydrogen-bond donors (Lipinski definition) is 0. The van der Waals surface area contributed by atoms with Crippen molar-refractivity contribution >= 4 is 28.0 Å². The van der Waals surface area contributed by atoms with Gasteiger partial charge < -0.3 is 0 Å². The Morgan fingerprint density at radius 1 is 1.00 bits per heavy atom. The number of hydrogen-bond acceptors (Lipinski definition) is 1. The molecule has 1 saturated carbocycles. The van der Waals surface area contributed by atoms with Gasteiger partial charge in [-0.25, -0.2) is 0 Å². The van der Waals surface area contributed by atoms with Crippen molar-refractivity contribution in [2.45, 2.75) is 52.1 Å². The summed E-state index contributed by atoms with van der Waals surface area (Å²) < 4.78 is 0. The molecule has 1 nitrogen and oxygen atoms in total. The zero-order valence-corrected chi connectivity index (χ0v) is 13.2. The van der Waals surface area contributed by atoms with Crippen molar-refractivity contribution in [2.75, 3.05) is 0 Å². The fraction of sp³-hybridized carbons (Fsp3) is 0.900. The average Bonchev–Trinajstić information content (AvgIpc) is 2.57. The van der Waals surface area contributed by atoms with E-state index >= 15 is 0 Å². The quantitative estimate of drug-likeness (QED) is 0.540.